The largest absolute Gasteiger partial charge is 0.296 e. The van der Waals surface area contributed by atoms with Crippen LogP contribution in [0.1, 0.15) is 32.6 Å². The van der Waals surface area contributed by atoms with Gasteiger partial charge >= 0.3 is 0 Å². The Morgan fingerprint density at radius 3 is 2.40 bits per heavy atom. The molecule has 1 aromatic rings. The fourth-order valence-corrected chi connectivity index (χ4v) is 5.74. The van der Waals surface area contributed by atoms with Crippen LogP contribution in [0.3, 0.4) is 0 Å². The van der Waals surface area contributed by atoms with Crippen LogP contribution in [-0.2, 0) is 10.0 Å². The normalized spacial score (nSPS) is 26.5. The Morgan fingerprint density at radius 1 is 1.16 bits per heavy atom. The first-order valence-electron chi connectivity index (χ1n) is 8.14. The highest BCUT2D eigenvalue weighted by Gasteiger charge is 2.43. The summed E-state index contributed by atoms with van der Waals surface area (Å²) in [7, 11) is -4.15. The van der Waals surface area contributed by atoms with Crippen molar-refractivity contribution in [2.24, 2.45) is 17.8 Å². The number of rotatable bonds is 6. The maximum absolute atomic E-state index is 12.6. The van der Waals surface area contributed by atoms with Crippen LogP contribution in [0.15, 0.2) is 23.1 Å². The number of nitrogens with zero attached hydrogens (tertiary/aromatic N) is 2. The van der Waals surface area contributed by atoms with Gasteiger partial charge in [0.25, 0.3) is 11.4 Å². The summed E-state index contributed by atoms with van der Waals surface area (Å²) in [5.41, 5.74) is -1.31. The van der Waals surface area contributed by atoms with E-state index in [2.05, 4.69) is 4.72 Å². The third-order valence-electron chi connectivity index (χ3n) is 5.42. The lowest BCUT2D eigenvalue weighted by Crippen LogP contribution is -2.40. The highest BCUT2D eigenvalue weighted by molar-refractivity contribution is 7.89. The van der Waals surface area contributed by atoms with Gasteiger partial charge in [0.1, 0.15) is 0 Å². The standard InChI is InChI=1S/C15H19N3O6S/c1-9(13-7-10-2-3-11(13)6-10)16-25(23,24)15-5-4-12(17(19)20)8-14(15)18(21)22/h4-5,8-11,13,16H,2-3,6-7H2,1H3/t9-,10-,11+,13+/m0/s1. The van der Waals surface area contributed by atoms with Crippen LogP contribution in [0.5, 0.6) is 0 Å². The third kappa shape index (κ3) is 3.36. The van der Waals surface area contributed by atoms with Crippen LogP contribution in [0.4, 0.5) is 11.4 Å². The summed E-state index contributed by atoms with van der Waals surface area (Å²) < 4.78 is 27.8. The van der Waals surface area contributed by atoms with Crippen molar-refractivity contribution in [3.63, 3.8) is 0 Å². The molecule has 136 valence electrons. The molecule has 0 aromatic heterocycles. The third-order valence-corrected chi connectivity index (χ3v) is 7.02. The predicted octanol–water partition coefficient (Wildman–Crippen LogP) is 2.61. The highest BCUT2D eigenvalue weighted by Crippen LogP contribution is 2.49. The summed E-state index contributed by atoms with van der Waals surface area (Å²) >= 11 is 0. The van der Waals surface area contributed by atoms with Gasteiger partial charge in [-0.15, -0.1) is 0 Å². The number of hydrogen-bond acceptors (Lipinski definition) is 6. The minimum absolute atomic E-state index is 0.227. The van der Waals surface area contributed by atoms with Crippen molar-refractivity contribution < 1.29 is 18.3 Å². The van der Waals surface area contributed by atoms with Crippen LogP contribution < -0.4 is 4.72 Å². The fourth-order valence-electron chi connectivity index (χ4n) is 4.29. The van der Waals surface area contributed by atoms with E-state index in [9.17, 15) is 28.6 Å². The Balaban J connectivity index is 1.86. The quantitative estimate of drug-likeness (QED) is 0.605. The number of non-ortho nitro benzene ring substituents is 1. The monoisotopic (exact) mass is 369 g/mol. The molecule has 2 aliphatic carbocycles. The van der Waals surface area contributed by atoms with Gasteiger partial charge in [0, 0.05) is 12.1 Å². The average Bonchev–Trinajstić information content (AvgIpc) is 3.16. The van der Waals surface area contributed by atoms with Gasteiger partial charge in [-0.2, -0.15) is 0 Å². The molecule has 2 fully saturated rings. The van der Waals surface area contributed by atoms with Crippen molar-refractivity contribution >= 4 is 21.4 Å². The topological polar surface area (TPSA) is 132 Å². The van der Waals surface area contributed by atoms with E-state index in [1.54, 1.807) is 6.92 Å². The number of fused-ring (bicyclic) bond motifs is 2. The van der Waals surface area contributed by atoms with Crippen molar-refractivity contribution in [1.29, 1.82) is 0 Å². The number of benzene rings is 1. The second-order valence-corrected chi connectivity index (χ2v) is 8.60. The molecule has 0 unspecified atom stereocenters. The number of nitro benzene ring substituents is 2. The summed E-state index contributed by atoms with van der Waals surface area (Å²) in [6.07, 6.45) is 4.37. The van der Waals surface area contributed by atoms with Gasteiger partial charge < -0.3 is 0 Å². The van der Waals surface area contributed by atoms with Crippen LogP contribution >= 0.6 is 0 Å². The van der Waals surface area contributed by atoms with Crippen LogP contribution in [0.25, 0.3) is 0 Å². The van der Waals surface area contributed by atoms with E-state index in [0.29, 0.717) is 17.9 Å². The summed E-state index contributed by atoms with van der Waals surface area (Å²) in [5, 5.41) is 22.0. The lowest BCUT2D eigenvalue weighted by molar-refractivity contribution is -0.396. The molecule has 10 heteroatoms. The van der Waals surface area contributed by atoms with Gasteiger partial charge in [-0.05, 0) is 50.0 Å². The Hall–Kier alpha value is -2.07. The van der Waals surface area contributed by atoms with Crippen molar-refractivity contribution in [2.75, 3.05) is 0 Å². The summed E-state index contributed by atoms with van der Waals surface area (Å²) in [6.45, 7) is 1.78. The van der Waals surface area contributed by atoms with Gasteiger partial charge in [-0.25, -0.2) is 13.1 Å². The Morgan fingerprint density at radius 2 is 1.88 bits per heavy atom. The zero-order valence-electron chi connectivity index (χ0n) is 13.6. The van der Waals surface area contributed by atoms with Crippen LogP contribution in [0.2, 0.25) is 0 Å². The second kappa shape index (κ2) is 6.34. The minimum atomic E-state index is -4.15. The molecule has 25 heavy (non-hydrogen) atoms. The first kappa shape index (κ1) is 17.7. The number of sulfonamides is 1. The van der Waals surface area contributed by atoms with Crippen molar-refractivity contribution in [1.82, 2.24) is 4.72 Å². The fraction of sp³-hybridized carbons (Fsp3) is 0.600. The predicted molar refractivity (Wildman–Crippen MR) is 88.5 cm³/mol. The maximum Gasteiger partial charge on any atom is 0.296 e. The first-order chi connectivity index (χ1) is 11.7. The van der Waals surface area contributed by atoms with Crippen LogP contribution in [-0.4, -0.2) is 24.3 Å². The zero-order chi connectivity index (χ0) is 18.4. The molecule has 2 saturated carbocycles. The molecule has 0 radical (unpaired) electrons. The summed E-state index contributed by atoms with van der Waals surface area (Å²) in [5.74, 6) is 1.37. The summed E-state index contributed by atoms with van der Waals surface area (Å²) in [4.78, 5) is 19.7. The highest BCUT2D eigenvalue weighted by atomic mass is 32.2. The number of hydrogen-bond donors (Lipinski definition) is 1. The van der Waals surface area contributed by atoms with E-state index in [1.165, 1.54) is 6.42 Å². The average molecular weight is 369 g/mol. The molecular weight excluding hydrogens is 350 g/mol. The second-order valence-electron chi connectivity index (χ2n) is 6.91. The summed E-state index contributed by atoms with van der Waals surface area (Å²) in [6, 6.07) is 2.22. The molecule has 0 heterocycles. The van der Waals surface area contributed by atoms with Gasteiger partial charge in [-0.3, -0.25) is 20.2 Å². The molecule has 2 bridgehead atoms. The maximum atomic E-state index is 12.6. The van der Waals surface area contributed by atoms with Gasteiger partial charge in [0.2, 0.25) is 10.0 Å². The van der Waals surface area contributed by atoms with E-state index in [-0.39, 0.29) is 12.0 Å². The smallest absolute Gasteiger partial charge is 0.258 e. The Labute approximate surface area is 144 Å². The Bertz CT molecular complexity index is 825. The SMILES string of the molecule is C[C@H](NS(=O)(=O)c1ccc([N+](=O)[O-])cc1[N+](=O)[O-])[C@H]1C[C@H]2CC[C@@H]1C2. The Kier molecular flexibility index (Phi) is 4.50. The molecule has 0 saturated heterocycles. The van der Waals surface area contributed by atoms with Crippen molar-refractivity contribution in [3.8, 4) is 0 Å². The van der Waals surface area contributed by atoms with E-state index in [4.69, 9.17) is 0 Å². The molecule has 0 amide bonds. The lowest BCUT2D eigenvalue weighted by atomic mass is 9.84. The van der Waals surface area contributed by atoms with Gasteiger partial charge in [-0.1, -0.05) is 6.42 Å². The number of nitrogens with one attached hydrogen (secondary N) is 1. The molecule has 2 aliphatic rings. The molecule has 4 atom stereocenters. The first-order valence-corrected chi connectivity index (χ1v) is 9.62. The molecular formula is C15H19N3O6S. The van der Waals surface area contributed by atoms with E-state index >= 15 is 0 Å². The molecule has 1 aromatic carbocycles. The molecule has 0 spiro atoms. The van der Waals surface area contributed by atoms with E-state index in [1.807, 2.05) is 0 Å². The number of nitro groups is 2. The lowest BCUT2D eigenvalue weighted by Gasteiger charge is -2.28. The molecule has 0 aliphatic heterocycles. The minimum Gasteiger partial charge on any atom is -0.258 e. The van der Waals surface area contributed by atoms with E-state index < -0.39 is 36.1 Å². The van der Waals surface area contributed by atoms with Crippen molar-refractivity contribution in [2.45, 2.75) is 43.5 Å². The van der Waals surface area contributed by atoms with Gasteiger partial charge in [0.15, 0.2) is 4.90 Å². The molecule has 1 N–H and O–H groups in total. The van der Waals surface area contributed by atoms with E-state index in [0.717, 1.165) is 31.4 Å². The molecule has 9 nitrogen and oxygen atoms in total. The van der Waals surface area contributed by atoms with Crippen LogP contribution in [0, 0.1) is 38.0 Å². The molecule has 3 rings (SSSR count). The van der Waals surface area contributed by atoms with Crippen molar-refractivity contribution in [3.05, 3.63) is 38.4 Å². The van der Waals surface area contributed by atoms with Gasteiger partial charge in [0.05, 0.1) is 15.9 Å². The zero-order valence-corrected chi connectivity index (χ0v) is 14.4.